The van der Waals surface area contributed by atoms with Crippen molar-refractivity contribution in [2.45, 2.75) is 13.8 Å². The van der Waals surface area contributed by atoms with Crippen LogP contribution in [0.5, 0.6) is 11.5 Å². The van der Waals surface area contributed by atoms with Crippen LogP contribution in [0.15, 0.2) is 42.0 Å². The van der Waals surface area contributed by atoms with Crippen LogP contribution in [-0.2, 0) is 9.59 Å². The standard InChI is InChI=1S/C21H19N3O4S/c1-3-27-17-6-4-5-13-9-14(11-28-19(13)17)20(26)24-21-23-16-8-7-15(22-12(2)25)10-18(16)29-21/h4-10H,3,11H2,1-2H3,(H,22,25)(H,23,24,26). The first kappa shape index (κ1) is 18.9. The SMILES string of the molecule is CCOc1cccc2c1OCC(C(=O)Nc1nc3ccc(NC(C)=O)cc3s1)=C2. The monoisotopic (exact) mass is 409 g/mol. The average Bonchev–Trinajstić information content (AvgIpc) is 3.09. The van der Waals surface area contributed by atoms with Crippen molar-refractivity contribution in [3.8, 4) is 11.5 Å². The molecule has 2 aromatic carbocycles. The van der Waals surface area contributed by atoms with Crippen LogP contribution in [0.25, 0.3) is 16.3 Å². The van der Waals surface area contributed by atoms with E-state index in [1.807, 2.05) is 31.2 Å². The van der Waals surface area contributed by atoms with Gasteiger partial charge in [-0.15, -0.1) is 0 Å². The number of carbonyl (C=O) groups is 2. The van der Waals surface area contributed by atoms with Crippen molar-refractivity contribution in [1.29, 1.82) is 0 Å². The topological polar surface area (TPSA) is 89.6 Å². The lowest BCUT2D eigenvalue weighted by Gasteiger charge is -2.19. The minimum absolute atomic E-state index is 0.139. The van der Waals surface area contributed by atoms with E-state index in [1.165, 1.54) is 18.3 Å². The second-order valence-corrected chi connectivity index (χ2v) is 7.43. The molecule has 0 saturated carbocycles. The number of para-hydroxylation sites is 1. The molecule has 2 amide bonds. The number of hydrogen-bond donors (Lipinski definition) is 2. The number of thiazole rings is 1. The van der Waals surface area contributed by atoms with Crippen LogP contribution in [-0.4, -0.2) is 30.0 Å². The van der Waals surface area contributed by atoms with Gasteiger partial charge in [0.05, 0.1) is 22.4 Å². The number of hydrogen-bond acceptors (Lipinski definition) is 6. The second-order valence-electron chi connectivity index (χ2n) is 6.40. The number of ether oxygens (including phenoxy) is 2. The van der Waals surface area contributed by atoms with Gasteiger partial charge in [-0.1, -0.05) is 23.5 Å². The molecule has 0 unspecified atom stereocenters. The van der Waals surface area contributed by atoms with Gasteiger partial charge in [0.2, 0.25) is 5.91 Å². The van der Waals surface area contributed by atoms with E-state index in [0.29, 0.717) is 34.5 Å². The highest BCUT2D eigenvalue weighted by atomic mass is 32.1. The van der Waals surface area contributed by atoms with Gasteiger partial charge < -0.3 is 14.8 Å². The van der Waals surface area contributed by atoms with Crippen LogP contribution in [0.1, 0.15) is 19.4 Å². The third-order valence-electron chi connectivity index (χ3n) is 4.23. The molecular weight excluding hydrogens is 390 g/mol. The van der Waals surface area contributed by atoms with E-state index in [9.17, 15) is 9.59 Å². The van der Waals surface area contributed by atoms with Crippen molar-refractivity contribution in [2.24, 2.45) is 0 Å². The molecular formula is C21H19N3O4S. The van der Waals surface area contributed by atoms with Crippen molar-refractivity contribution in [3.05, 3.63) is 47.5 Å². The van der Waals surface area contributed by atoms with Gasteiger partial charge in [0.1, 0.15) is 6.61 Å². The molecule has 29 heavy (non-hydrogen) atoms. The summed E-state index contributed by atoms with van der Waals surface area (Å²) in [4.78, 5) is 28.3. The van der Waals surface area contributed by atoms with E-state index in [-0.39, 0.29) is 18.4 Å². The van der Waals surface area contributed by atoms with Gasteiger partial charge in [0, 0.05) is 18.2 Å². The van der Waals surface area contributed by atoms with E-state index in [4.69, 9.17) is 9.47 Å². The van der Waals surface area contributed by atoms with Crippen LogP contribution in [0, 0.1) is 0 Å². The van der Waals surface area contributed by atoms with Gasteiger partial charge in [-0.3, -0.25) is 14.9 Å². The highest BCUT2D eigenvalue weighted by molar-refractivity contribution is 7.22. The second kappa shape index (κ2) is 7.92. The Morgan fingerprint density at radius 3 is 2.90 bits per heavy atom. The average molecular weight is 409 g/mol. The lowest BCUT2D eigenvalue weighted by Crippen LogP contribution is -2.21. The molecule has 1 aromatic heterocycles. The molecule has 0 fully saturated rings. The van der Waals surface area contributed by atoms with Crippen LogP contribution in [0.3, 0.4) is 0 Å². The first-order valence-electron chi connectivity index (χ1n) is 9.12. The molecule has 0 spiro atoms. The third-order valence-corrected chi connectivity index (χ3v) is 5.17. The van der Waals surface area contributed by atoms with Crippen molar-refractivity contribution < 1.29 is 19.1 Å². The van der Waals surface area contributed by atoms with Gasteiger partial charge in [0.15, 0.2) is 16.6 Å². The number of anilines is 2. The first-order chi connectivity index (χ1) is 14.0. The third kappa shape index (κ3) is 4.07. The molecule has 7 nitrogen and oxygen atoms in total. The lowest BCUT2D eigenvalue weighted by molar-refractivity contribution is -0.114. The number of carbonyl (C=O) groups excluding carboxylic acids is 2. The molecule has 0 bridgehead atoms. The first-order valence-corrected chi connectivity index (χ1v) is 9.94. The summed E-state index contributed by atoms with van der Waals surface area (Å²) in [5.74, 6) is 0.913. The molecule has 0 saturated heterocycles. The zero-order chi connectivity index (χ0) is 20.4. The summed E-state index contributed by atoms with van der Waals surface area (Å²) >= 11 is 1.34. The summed E-state index contributed by atoms with van der Waals surface area (Å²) in [6.45, 7) is 4.06. The zero-order valence-corrected chi connectivity index (χ0v) is 16.8. The van der Waals surface area contributed by atoms with Crippen molar-refractivity contribution in [2.75, 3.05) is 23.8 Å². The fourth-order valence-electron chi connectivity index (χ4n) is 3.02. The molecule has 8 heteroatoms. The van der Waals surface area contributed by atoms with Crippen LogP contribution < -0.4 is 20.1 Å². The van der Waals surface area contributed by atoms with Crippen LogP contribution in [0.2, 0.25) is 0 Å². The summed E-state index contributed by atoms with van der Waals surface area (Å²) in [5.41, 5.74) is 2.75. The van der Waals surface area contributed by atoms with Gasteiger partial charge >= 0.3 is 0 Å². The summed E-state index contributed by atoms with van der Waals surface area (Å²) in [7, 11) is 0. The number of fused-ring (bicyclic) bond motifs is 2. The van der Waals surface area contributed by atoms with E-state index in [2.05, 4.69) is 15.6 Å². The molecule has 2 heterocycles. The quantitative estimate of drug-likeness (QED) is 0.663. The fraction of sp³-hybridized carbons (Fsp3) is 0.190. The Morgan fingerprint density at radius 1 is 1.24 bits per heavy atom. The Hall–Kier alpha value is -3.39. The summed E-state index contributed by atoms with van der Waals surface area (Å²) in [5, 5.41) is 6.06. The van der Waals surface area contributed by atoms with Crippen molar-refractivity contribution in [1.82, 2.24) is 4.98 Å². The Balaban J connectivity index is 1.53. The van der Waals surface area contributed by atoms with Crippen molar-refractivity contribution >= 4 is 50.3 Å². The predicted molar refractivity (Wildman–Crippen MR) is 114 cm³/mol. The molecule has 0 aliphatic carbocycles. The fourth-order valence-corrected chi connectivity index (χ4v) is 3.92. The number of amides is 2. The molecule has 2 N–H and O–H groups in total. The molecule has 1 aliphatic rings. The minimum Gasteiger partial charge on any atom is -0.490 e. The van der Waals surface area contributed by atoms with E-state index in [1.54, 1.807) is 18.2 Å². The lowest BCUT2D eigenvalue weighted by atomic mass is 10.1. The van der Waals surface area contributed by atoms with Crippen LogP contribution in [0.4, 0.5) is 10.8 Å². The molecule has 4 rings (SSSR count). The molecule has 148 valence electrons. The number of nitrogens with zero attached hydrogens (tertiary/aromatic N) is 1. The van der Waals surface area contributed by atoms with E-state index < -0.39 is 0 Å². The van der Waals surface area contributed by atoms with Crippen molar-refractivity contribution in [3.63, 3.8) is 0 Å². The summed E-state index contributed by atoms with van der Waals surface area (Å²) in [6.07, 6.45) is 1.80. The summed E-state index contributed by atoms with van der Waals surface area (Å²) in [6, 6.07) is 11.0. The smallest absolute Gasteiger partial charge is 0.256 e. The molecule has 0 radical (unpaired) electrons. The normalized spacial score (nSPS) is 12.6. The Kier molecular flexibility index (Phi) is 5.18. The van der Waals surface area contributed by atoms with Gasteiger partial charge in [-0.2, -0.15) is 0 Å². The van der Waals surface area contributed by atoms with Gasteiger partial charge in [0.25, 0.3) is 5.91 Å². The van der Waals surface area contributed by atoms with E-state index in [0.717, 1.165) is 15.8 Å². The largest absolute Gasteiger partial charge is 0.490 e. The molecule has 1 aliphatic heterocycles. The number of aromatic nitrogens is 1. The maximum absolute atomic E-state index is 12.7. The highest BCUT2D eigenvalue weighted by Crippen LogP contribution is 2.36. The van der Waals surface area contributed by atoms with Gasteiger partial charge in [-0.05, 0) is 37.3 Å². The highest BCUT2D eigenvalue weighted by Gasteiger charge is 2.21. The Bertz CT molecular complexity index is 1140. The predicted octanol–water partition coefficient (Wildman–Crippen LogP) is 4.07. The maximum atomic E-state index is 12.7. The summed E-state index contributed by atoms with van der Waals surface area (Å²) < 4.78 is 12.2. The number of nitrogens with one attached hydrogen (secondary N) is 2. The Labute approximate surface area is 171 Å². The zero-order valence-electron chi connectivity index (χ0n) is 15.9. The number of rotatable bonds is 5. The Morgan fingerprint density at radius 2 is 2.10 bits per heavy atom. The molecule has 3 aromatic rings. The maximum Gasteiger partial charge on any atom is 0.256 e. The molecule has 0 atom stereocenters. The minimum atomic E-state index is -0.265. The number of benzene rings is 2. The van der Waals surface area contributed by atoms with Gasteiger partial charge in [-0.25, -0.2) is 4.98 Å². The van der Waals surface area contributed by atoms with E-state index >= 15 is 0 Å². The van der Waals surface area contributed by atoms with Crippen LogP contribution >= 0.6 is 11.3 Å².